The number of rotatable bonds is 5. The average molecular weight is 338 g/mol. The summed E-state index contributed by atoms with van der Waals surface area (Å²) in [6.07, 6.45) is 0. The fourth-order valence-corrected chi connectivity index (χ4v) is 2.65. The van der Waals surface area contributed by atoms with Crippen molar-refractivity contribution in [1.82, 2.24) is 5.32 Å². The van der Waals surface area contributed by atoms with Crippen molar-refractivity contribution in [3.63, 3.8) is 0 Å². The SMILES string of the molecule is Cc1cccc(C(C)C)c1NC(=O)c1ccc(C(=O)NC(C)C)cc1. The number of amides is 2. The molecule has 0 radical (unpaired) electrons. The van der Waals surface area contributed by atoms with E-state index in [0.29, 0.717) is 17.0 Å². The predicted molar refractivity (Wildman–Crippen MR) is 102 cm³/mol. The average Bonchev–Trinajstić information content (AvgIpc) is 2.55. The first-order valence-electron chi connectivity index (χ1n) is 8.61. The molecule has 2 rings (SSSR count). The molecule has 25 heavy (non-hydrogen) atoms. The van der Waals surface area contributed by atoms with Gasteiger partial charge >= 0.3 is 0 Å². The van der Waals surface area contributed by atoms with E-state index in [1.165, 1.54) is 0 Å². The number of aryl methyl sites for hydroxylation is 1. The van der Waals surface area contributed by atoms with Gasteiger partial charge in [0.2, 0.25) is 0 Å². The van der Waals surface area contributed by atoms with E-state index in [1.807, 2.05) is 39.0 Å². The van der Waals surface area contributed by atoms with Crippen LogP contribution in [0.2, 0.25) is 0 Å². The zero-order valence-corrected chi connectivity index (χ0v) is 15.5. The first-order chi connectivity index (χ1) is 11.8. The predicted octanol–water partition coefficient (Wildman–Crippen LogP) is 4.51. The molecule has 2 aromatic carbocycles. The molecule has 0 aliphatic rings. The van der Waals surface area contributed by atoms with E-state index in [4.69, 9.17) is 0 Å². The summed E-state index contributed by atoms with van der Waals surface area (Å²) in [4.78, 5) is 24.6. The molecule has 0 aromatic heterocycles. The lowest BCUT2D eigenvalue weighted by Crippen LogP contribution is -2.30. The first kappa shape index (κ1) is 18.7. The Kier molecular flexibility index (Phi) is 5.97. The summed E-state index contributed by atoms with van der Waals surface area (Å²) in [7, 11) is 0. The van der Waals surface area contributed by atoms with Gasteiger partial charge in [0.05, 0.1) is 0 Å². The largest absolute Gasteiger partial charge is 0.350 e. The molecule has 0 atom stereocenters. The highest BCUT2D eigenvalue weighted by Gasteiger charge is 2.14. The molecule has 0 spiro atoms. The smallest absolute Gasteiger partial charge is 0.255 e. The number of hydrogen-bond acceptors (Lipinski definition) is 2. The van der Waals surface area contributed by atoms with Crippen LogP contribution in [-0.2, 0) is 0 Å². The Morgan fingerprint density at radius 1 is 0.840 bits per heavy atom. The summed E-state index contributed by atoms with van der Waals surface area (Å²) in [5, 5.41) is 5.85. The number of nitrogens with one attached hydrogen (secondary N) is 2. The van der Waals surface area contributed by atoms with E-state index < -0.39 is 0 Å². The van der Waals surface area contributed by atoms with Crippen LogP contribution >= 0.6 is 0 Å². The van der Waals surface area contributed by atoms with Crippen molar-refractivity contribution < 1.29 is 9.59 Å². The normalized spacial score (nSPS) is 10.8. The summed E-state index contributed by atoms with van der Waals surface area (Å²) in [6, 6.07) is 12.8. The number of benzene rings is 2. The Morgan fingerprint density at radius 3 is 1.92 bits per heavy atom. The van der Waals surface area contributed by atoms with Crippen LogP contribution in [0.4, 0.5) is 5.69 Å². The molecule has 0 aliphatic carbocycles. The lowest BCUT2D eigenvalue weighted by molar-refractivity contribution is 0.0941. The van der Waals surface area contributed by atoms with Crippen LogP contribution in [-0.4, -0.2) is 17.9 Å². The summed E-state index contributed by atoms with van der Waals surface area (Å²) >= 11 is 0. The highest BCUT2D eigenvalue weighted by atomic mass is 16.2. The molecule has 2 aromatic rings. The Morgan fingerprint density at radius 2 is 1.40 bits per heavy atom. The summed E-state index contributed by atoms with van der Waals surface area (Å²) in [6.45, 7) is 10.0. The van der Waals surface area contributed by atoms with Crippen molar-refractivity contribution in [2.24, 2.45) is 0 Å². The van der Waals surface area contributed by atoms with Gasteiger partial charge in [-0.3, -0.25) is 9.59 Å². The molecular formula is C21H26N2O2. The summed E-state index contributed by atoms with van der Waals surface area (Å²) in [5.74, 6) is 0.00674. The van der Waals surface area contributed by atoms with Crippen molar-refractivity contribution in [3.8, 4) is 0 Å². The zero-order valence-electron chi connectivity index (χ0n) is 15.5. The van der Waals surface area contributed by atoms with E-state index in [1.54, 1.807) is 24.3 Å². The van der Waals surface area contributed by atoms with Gasteiger partial charge in [-0.05, 0) is 62.1 Å². The minimum atomic E-state index is -0.174. The Labute approximate surface area is 149 Å². The van der Waals surface area contributed by atoms with Gasteiger partial charge in [0.15, 0.2) is 0 Å². The highest BCUT2D eigenvalue weighted by Crippen LogP contribution is 2.27. The van der Waals surface area contributed by atoms with Crippen molar-refractivity contribution in [1.29, 1.82) is 0 Å². The molecule has 0 heterocycles. The van der Waals surface area contributed by atoms with Crippen LogP contribution in [0.1, 0.15) is 65.5 Å². The van der Waals surface area contributed by atoms with Gasteiger partial charge in [0.1, 0.15) is 0 Å². The second kappa shape index (κ2) is 7.97. The van der Waals surface area contributed by atoms with Crippen molar-refractivity contribution in [3.05, 3.63) is 64.7 Å². The van der Waals surface area contributed by atoms with Gasteiger partial charge in [-0.2, -0.15) is 0 Å². The maximum Gasteiger partial charge on any atom is 0.255 e. The van der Waals surface area contributed by atoms with Crippen LogP contribution in [0.15, 0.2) is 42.5 Å². The van der Waals surface area contributed by atoms with E-state index >= 15 is 0 Å². The molecule has 4 nitrogen and oxygen atoms in total. The number of anilines is 1. The van der Waals surface area contributed by atoms with Crippen LogP contribution in [0.25, 0.3) is 0 Å². The lowest BCUT2D eigenvalue weighted by Gasteiger charge is -2.16. The highest BCUT2D eigenvalue weighted by molar-refractivity contribution is 6.05. The lowest BCUT2D eigenvalue weighted by atomic mass is 9.98. The zero-order chi connectivity index (χ0) is 18.6. The maximum absolute atomic E-state index is 12.6. The molecule has 0 saturated carbocycles. The molecular weight excluding hydrogens is 312 g/mol. The molecule has 132 valence electrons. The molecule has 2 amide bonds. The third-order valence-corrected chi connectivity index (χ3v) is 3.99. The van der Waals surface area contributed by atoms with Crippen LogP contribution in [0, 0.1) is 6.92 Å². The minimum absolute atomic E-state index is 0.0750. The van der Waals surface area contributed by atoms with E-state index in [-0.39, 0.29) is 17.9 Å². The second-order valence-electron chi connectivity index (χ2n) is 6.85. The van der Waals surface area contributed by atoms with E-state index in [0.717, 1.165) is 16.8 Å². The molecule has 0 unspecified atom stereocenters. The van der Waals surface area contributed by atoms with Crippen LogP contribution < -0.4 is 10.6 Å². The summed E-state index contributed by atoms with van der Waals surface area (Å²) in [5.41, 5.74) is 4.08. The standard InChI is InChI=1S/C21H26N2O2/c1-13(2)18-8-6-7-15(5)19(18)23-21(25)17-11-9-16(10-12-17)20(24)22-14(3)4/h6-14H,1-5H3,(H,22,24)(H,23,25). The van der Waals surface area contributed by atoms with E-state index in [9.17, 15) is 9.59 Å². The van der Waals surface area contributed by atoms with Crippen molar-refractivity contribution in [2.75, 3.05) is 5.32 Å². The van der Waals surface area contributed by atoms with Gasteiger partial charge in [-0.1, -0.05) is 32.0 Å². The number of hydrogen-bond donors (Lipinski definition) is 2. The van der Waals surface area contributed by atoms with Gasteiger partial charge in [0, 0.05) is 22.9 Å². The van der Waals surface area contributed by atoms with Crippen LogP contribution in [0.5, 0.6) is 0 Å². The van der Waals surface area contributed by atoms with Crippen molar-refractivity contribution in [2.45, 2.75) is 46.6 Å². The fourth-order valence-electron chi connectivity index (χ4n) is 2.65. The van der Waals surface area contributed by atoms with Gasteiger partial charge in [-0.25, -0.2) is 0 Å². The van der Waals surface area contributed by atoms with Crippen LogP contribution in [0.3, 0.4) is 0 Å². The third kappa shape index (κ3) is 4.69. The first-order valence-corrected chi connectivity index (χ1v) is 8.61. The monoisotopic (exact) mass is 338 g/mol. The van der Waals surface area contributed by atoms with Crippen molar-refractivity contribution >= 4 is 17.5 Å². The van der Waals surface area contributed by atoms with Gasteiger partial charge in [0.25, 0.3) is 11.8 Å². The molecule has 0 saturated heterocycles. The third-order valence-electron chi connectivity index (χ3n) is 3.99. The summed E-state index contributed by atoms with van der Waals surface area (Å²) < 4.78 is 0. The maximum atomic E-state index is 12.6. The molecule has 2 N–H and O–H groups in total. The Hall–Kier alpha value is -2.62. The number of para-hydroxylation sites is 1. The molecule has 0 aliphatic heterocycles. The Bertz CT molecular complexity index is 762. The number of carbonyl (C=O) groups excluding carboxylic acids is 2. The quantitative estimate of drug-likeness (QED) is 0.843. The topological polar surface area (TPSA) is 58.2 Å². The molecule has 4 heteroatoms. The fraction of sp³-hybridized carbons (Fsp3) is 0.333. The van der Waals surface area contributed by atoms with E-state index in [2.05, 4.69) is 24.5 Å². The second-order valence-corrected chi connectivity index (χ2v) is 6.85. The van der Waals surface area contributed by atoms with Gasteiger partial charge < -0.3 is 10.6 Å². The number of carbonyl (C=O) groups is 2. The minimum Gasteiger partial charge on any atom is -0.350 e. The molecule has 0 fully saturated rings. The molecule has 0 bridgehead atoms. The Balaban J connectivity index is 2.19. The van der Waals surface area contributed by atoms with Gasteiger partial charge in [-0.15, -0.1) is 0 Å².